The lowest BCUT2D eigenvalue weighted by Crippen LogP contribution is -2.61. The van der Waals surface area contributed by atoms with Gasteiger partial charge < -0.3 is 25.8 Å². The van der Waals surface area contributed by atoms with Gasteiger partial charge in [-0.1, -0.05) is 47.5 Å². The molecular weight excluding hydrogens is 534 g/mol. The fourth-order valence-electron chi connectivity index (χ4n) is 6.84. The van der Waals surface area contributed by atoms with E-state index in [0.29, 0.717) is 19.5 Å². The van der Waals surface area contributed by atoms with Crippen molar-refractivity contribution in [2.75, 3.05) is 26.2 Å². The molecule has 6 atom stereocenters. The Kier molecular flexibility index (Phi) is 8.59. The summed E-state index contributed by atoms with van der Waals surface area (Å²) >= 11 is 0. The van der Waals surface area contributed by atoms with Crippen molar-refractivity contribution in [1.82, 2.24) is 25.8 Å². The maximum atomic E-state index is 14.0. The number of nitrogens with one attached hydrogen (secondary N) is 3. The van der Waals surface area contributed by atoms with Crippen LogP contribution in [0.4, 0.5) is 13.6 Å². The number of alkyl halides is 2. The third kappa shape index (κ3) is 6.59. The van der Waals surface area contributed by atoms with E-state index < -0.39 is 60.3 Å². The molecule has 12 heteroatoms. The fourth-order valence-corrected chi connectivity index (χ4v) is 6.84. The number of urea groups is 1. The van der Waals surface area contributed by atoms with Crippen molar-refractivity contribution < 1.29 is 28.0 Å². The number of halogens is 2. The third-order valence-electron chi connectivity index (χ3n) is 9.49. The van der Waals surface area contributed by atoms with E-state index in [1.165, 1.54) is 4.90 Å². The second kappa shape index (κ2) is 11.4. The first kappa shape index (κ1) is 31.0. The Morgan fingerprint density at radius 2 is 1.88 bits per heavy atom. The lowest BCUT2D eigenvalue weighted by molar-refractivity contribution is -0.144. The molecule has 1 saturated carbocycles. The van der Waals surface area contributed by atoms with Gasteiger partial charge in [-0.3, -0.25) is 14.4 Å². The van der Waals surface area contributed by atoms with Gasteiger partial charge in [-0.15, -0.1) is 0 Å². The molecule has 5 amide bonds. The summed E-state index contributed by atoms with van der Waals surface area (Å²) in [5.41, 5.74) is -0.943. The van der Waals surface area contributed by atoms with Crippen molar-refractivity contribution in [3.8, 4) is 6.07 Å². The number of nitriles is 1. The van der Waals surface area contributed by atoms with E-state index in [1.807, 2.05) is 13.8 Å². The van der Waals surface area contributed by atoms with Crippen LogP contribution >= 0.6 is 0 Å². The summed E-state index contributed by atoms with van der Waals surface area (Å²) in [7, 11) is 0. The highest BCUT2D eigenvalue weighted by atomic mass is 19.3. The van der Waals surface area contributed by atoms with Crippen molar-refractivity contribution in [3.63, 3.8) is 0 Å². The summed E-state index contributed by atoms with van der Waals surface area (Å²) in [5.74, 6) is -4.40. The molecule has 0 aromatic carbocycles. The summed E-state index contributed by atoms with van der Waals surface area (Å²) in [6, 6.07) is -1.40. The molecule has 3 heterocycles. The highest BCUT2D eigenvalue weighted by Crippen LogP contribution is 2.65. The Hall–Kier alpha value is -2.97. The zero-order chi connectivity index (χ0) is 30.3. The molecule has 0 spiro atoms. The number of hydrogen-bond acceptors (Lipinski definition) is 5. The maximum absolute atomic E-state index is 14.0. The largest absolute Gasteiger partial charge is 0.356 e. The molecule has 1 aliphatic carbocycles. The average molecular weight is 579 g/mol. The Morgan fingerprint density at radius 3 is 2.49 bits per heavy atom. The molecular formula is C29H44F2N6O4. The van der Waals surface area contributed by atoms with Crippen LogP contribution in [0.5, 0.6) is 0 Å². The van der Waals surface area contributed by atoms with E-state index in [4.69, 9.17) is 0 Å². The van der Waals surface area contributed by atoms with Crippen LogP contribution in [-0.2, 0) is 14.4 Å². The van der Waals surface area contributed by atoms with Crippen molar-refractivity contribution in [1.29, 1.82) is 5.26 Å². The highest BCUT2D eigenvalue weighted by Gasteiger charge is 2.70. The standard InChI is InChI=1S/C29H44F2N6O4/c1-27(2,3)22(35-26(41)36-12-10-29(30,31)16-36)25(40)37-15-19-20(28(19,4)5)21(37)24(39)34-18(14-32)13-17-9-7-6-8-11-33-23(17)38/h17-22H,6-13,15-16H2,1-5H3,(H,33,38)(H,34,39)(H,35,41)/t17-,18-,19-,20-,21-,22+/m0/s1. The number of rotatable bonds is 6. The van der Waals surface area contributed by atoms with E-state index in [0.717, 1.165) is 24.2 Å². The Labute approximate surface area is 240 Å². The molecule has 4 fully saturated rings. The van der Waals surface area contributed by atoms with E-state index in [1.54, 1.807) is 20.8 Å². The maximum Gasteiger partial charge on any atom is 0.318 e. The highest BCUT2D eigenvalue weighted by molar-refractivity contribution is 5.94. The van der Waals surface area contributed by atoms with E-state index in [2.05, 4.69) is 22.0 Å². The second-order valence-electron chi connectivity index (χ2n) is 13.9. The monoisotopic (exact) mass is 578 g/mol. The van der Waals surface area contributed by atoms with Crippen molar-refractivity contribution in [2.24, 2.45) is 28.6 Å². The van der Waals surface area contributed by atoms with Crippen molar-refractivity contribution in [3.05, 3.63) is 0 Å². The van der Waals surface area contributed by atoms with E-state index in [9.17, 15) is 33.2 Å². The van der Waals surface area contributed by atoms with Gasteiger partial charge in [-0.25, -0.2) is 13.6 Å². The van der Waals surface area contributed by atoms with Gasteiger partial charge in [-0.2, -0.15) is 5.26 Å². The molecule has 228 valence electrons. The van der Waals surface area contributed by atoms with Gasteiger partial charge in [0.1, 0.15) is 18.1 Å². The SMILES string of the molecule is CC(C)(C)[C@H](NC(=O)N1CCC(F)(F)C1)C(=O)N1C[C@H]2[C@@H]([C@H]1C(=O)N[C@H](C#N)C[C@@H]1CCCCCNC1=O)C2(C)C. The summed E-state index contributed by atoms with van der Waals surface area (Å²) in [4.78, 5) is 55.7. The van der Waals surface area contributed by atoms with E-state index in [-0.39, 0.29) is 42.0 Å². The molecule has 0 radical (unpaired) electrons. The third-order valence-corrected chi connectivity index (χ3v) is 9.49. The normalized spacial score (nSPS) is 30.1. The first-order valence-corrected chi connectivity index (χ1v) is 14.8. The number of hydrogen-bond donors (Lipinski definition) is 3. The van der Waals surface area contributed by atoms with Gasteiger partial charge in [0.15, 0.2) is 0 Å². The number of fused-ring (bicyclic) bond motifs is 1. The minimum absolute atomic E-state index is 0.0766. The zero-order valence-corrected chi connectivity index (χ0v) is 24.8. The van der Waals surface area contributed by atoms with E-state index >= 15 is 0 Å². The zero-order valence-electron chi connectivity index (χ0n) is 24.8. The molecule has 41 heavy (non-hydrogen) atoms. The molecule has 3 aliphatic heterocycles. The van der Waals surface area contributed by atoms with Crippen LogP contribution in [0.1, 0.15) is 73.1 Å². The van der Waals surface area contributed by atoms with Gasteiger partial charge in [0.25, 0.3) is 5.92 Å². The number of piperidine rings is 1. The fraction of sp³-hybridized carbons (Fsp3) is 0.828. The predicted molar refractivity (Wildman–Crippen MR) is 146 cm³/mol. The molecule has 4 rings (SSSR count). The molecule has 0 aromatic heterocycles. The number of amides is 5. The van der Waals surface area contributed by atoms with Gasteiger partial charge in [0.2, 0.25) is 17.7 Å². The lowest BCUT2D eigenvalue weighted by atomic mass is 9.85. The van der Waals surface area contributed by atoms with Gasteiger partial charge in [0.05, 0.1) is 12.6 Å². The minimum atomic E-state index is -2.96. The Morgan fingerprint density at radius 1 is 1.17 bits per heavy atom. The van der Waals surface area contributed by atoms with Gasteiger partial charge in [0, 0.05) is 32.0 Å². The summed E-state index contributed by atoms with van der Waals surface area (Å²) in [5, 5.41) is 18.2. The molecule has 10 nitrogen and oxygen atoms in total. The second-order valence-corrected chi connectivity index (χ2v) is 13.9. The molecule has 0 bridgehead atoms. The predicted octanol–water partition coefficient (Wildman–Crippen LogP) is 2.64. The first-order valence-electron chi connectivity index (χ1n) is 14.8. The smallest absolute Gasteiger partial charge is 0.318 e. The van der Waals surface area contributed by atoms with Gasteiger partial charge in [-0.05, 0) is 41.9 Å². The first-order chi connectivity index (χ1) is 19.1. The van der Waals surface area contributed by atoms with Crippen LogP contribution in [-0.4, -0.2) is 83.8 Å². The lowest BCUT2D eigenvalue weighted by Gasteiger charge is -2.38. The van der Waals surface area contributed by atoms with Crippen molar-refractivity contribution in [2.45, 2.75) is 97.2 Å². The Bertz CT molecular complexity index is 1100. The summed E-state index contributed by atoms with van der Waals surface area (Å²) in [6.07, 6.45) is 3.19. The van der Waals surface area contributed by atoms with Crippen molar-refractivity contribution >= 4 is 23.8 Å². The molecule has 4 aliphatic rings. The molecule has 3 N–H and O–H groups in total. The number of carbonyl (C=O) groups excluding carboxylic acids is 4. The number of likely N-dealkylation sites (tertiary alicyclic amines) is 2. The topological polar surface area (TPSA) is 135 Å². The van der Waals surface area contributed by atoms with Crippen LogP contribution in [0.15, 0.2) is 0 Å². The number of carbonyl (C=O) groups is 4. The summed E-state index contributed by atoms with van der Waals surface area (Å²) in [6.45, 7) is 9.52. The molecule has 0 unspecified atom stereocenters. The van der Waals surface area contributed by atoms with Crippen LogP contribution in [0, 0.1) is 39.9 Å². The Balaban J connectivity index is 1.49. The van der Waals surface area contributed by atoms with Crippen LogP contribution in [0.2, 0.25) is 0 Å². The number of nitrogens with zero attached hydrogens (tertiary/aromatic N) is 3. The average Bonchev–Trinajstić information content (AvgIpc) is 3.21. The molecule has 0 aromatic rings. The molecule has 3 saturated heterocycles. The van der Waals surface area contributed by atoms with Crippen LogP contribution < -0.4 is 16.0 Å². The van der Waals surface area contributed by atoms with Crippen LogP contribution in [0.3, 0.4) is 0 Å². The van der Waals surface area contributed by atoms with Crippen LogP contribution in [0.25, 0.3) is 0 Å². The quantitative estimate of drug-likeness (QED) is 0.446. The minimum Gasteiger partial charge on any atom is -0.356 e. The summed E-state index contributed by atoms with van der Waals surface area (Å²) < 4.78 is 27.5. The van der Waals surface area contributed by atoms with Gasteiger partial charge >= 0.3 is 6.03 Å².